The van der Waals surface area contributed by atoms with Crippen LogP contribution in [0.2, 0.25) is 0 Å². The first-order chi connectivity index (χ1) is 14.2. The molecule has 0 aromatic carbocycles. The SMILES string of the molecule is CNC(=O)c1csc2c(C(F)(F)F)cc(OC3CC(N(CC4CC4)C(=O)O)C3)nc12. The Hall–Kier alpha value is -2.56. The van der Waals surface area contributed by atoms with Crippen molar-refractivity contribution in [2.75, 3.05) is 13.6 Å². The third kappa shape index (κ3) is 4.03. The Kier molecular flexibility index (Phi) is 5.25. The molecule has 7 nitrogen and oxygen atoms in total. The van der Waals surface area contributed by atoms with Gasteiger partial charge >= 0.3 is 12.3 Å². The van der Waals surface area contributed by atoms with Gasteiger partial charge in [0.05, 0.1) is 21.3 Å². The van der Waals surface area contributed by atoms with Crippen LogP contribution < -0.4 is 10.1 Å². The minimum Gasteiger partial charge on any atom is -0.474 e. The Morgan fingerprint density at radius 2 is 2.07 bits per heavy atom. The molecule has 2 aliphatic carbocycles. The number of rotatable bonds is 6. The number of halogens is 3. The fourth-order valence-corrected chi connectivity index (χ4v) is 4.60. The summed E-state index contributed by atoms with van der Waals surface area (Å²) in [5.74, 6) is -0.341. The molecule has 2 N–H and O–H groups in total. The fraction of sp³-hybridized carbons (Fsp3) is 0.526. The van der Waals surface area contributed by atoms with E-state index in [1.165, 1.54) is 17.3 Å². The highest BCUT2D eigenvalue weighted by Crippen LogP contribution is 2.41. The third-order valence-corrected chi connectivity index (χ3v) is 6.47. The van der Waals surface area contributed by atoms with E-state index < -0.39 is 29.8 Å². The van der Waals surface area contributed by atoms with Crippen LogP contribution in [0.25, 0.3) is 10.2 Å². The number of nitrogens with one attached hydrogen (secondary N) is 1. The first-order valence-electron chi connectivity index (χ1n) is 9.55. The van der Waals surface area contributed by atoms with Crippen LogP contribution >= 0.6 is 11.3 Å². The number of fused-ring (bicyclic) bond motifs is 1. The van der Waals surface area contributed by atoms with E-state index in [-0.39, 0.29) is 27.7 Å². The average molecular weight is 443 g/mol. The van der Waals surface area contributed by atoms with E-state index in [0.29, 0.717) is 25.3 Å². The van der Waals surface area contributed by atoms with Crippen LogP contribution in [-0.2, 0) is 6.18 Å². The van der Waals surface area contributed by atoms with Gasteiger partial charge in [-0.3, -0.25) is 4.79 Å². The summed E-state index contributed by atoms with van der Waals surface area (Å²) in [5.41, 5.74) is -0.901. The first kappa shape index (κ1) is 20.7. The summed E-state index contributed by atoms with van der Waals surface area (Å²) in [5, 5.41) is 13.1. The van der Waals surface area contributed by atoms with Gasteiger partial charge in [0.1, 0.15) is 6.10 Å². The lowest BCUT2D eigenvalue weighted by Crippen LogP contribution is -2.51. The summed E-state index contributed by atoms with van der Waals surface area (Å²) in [6, 6.07) is 0.639. The minimum absolute atomic E-state index is 0.0547. The molecule has 2 saturated carbocycles. The van der Waals surface area contributed by atoms with Crippen LogP contribution in [0.3, 0.4) is 0 Å². The molecule has 2 aromatic heterocycles. The van der Waals surface area contributed by atoms with Crippen LogP contribution in [0, 0.1) is 5.92 Å². The zero-order chi connectivity index (χ0) is 21.6. The van der Waals surface area contributed by atoms with E-state index in [1.807, 2.05) is 0 Å². The Bertz CT molecular complexity index is 983. The number of hydrogen-bond donors (Lipinski definition) is 2. The average Bonchev–Trinajstić information content (AvgIpc) is 3.37. The number of carboxylic acid groups (broad SMARTS) is 1. The van der Waals surface area contributed by atoms with Crippen molar-refractivity contribution in [2.45, 2.75) is 44.0 Å². The predicted molar refractivity (Wildman–Crippen MR) is 103 cm³/mol. The topological polar surface area (TPSA) is 91.8 Å². The number of carbonyl (C=O) groups excluding carboxylic acids is 1. The summed E-state index contributed by atoms with van der Waals surface area (Å²) in [6.45, 7) is 0.486. The second-order valence-electron chi connectivity index (χ2n) is 7.66. The number of amides is 2. The van der Waals surface area contributed by atoms with Crippen molar-refractivity contribution in [1.29, 1.82) is 0 Å². The lowest BCUT2D eigenvalue weighted by Gasteiger charge is -2.41. The molecule has 0 aliphatic heterocycles. The monoisotopic (exact) mass is 443 g/mol. The number of hydrogen-bond acceptors (Lipinski definition) is 5. The molecule has 0 saturated heterocycles. The van der Waals surface area contributed by atoms with Crippen molar-refractivity contribution in [1.82, 2.24) is 15.2 Å². The number of thiophene rings is 1. The van der Waals surface area contributed by atoms with E-state index in [0.717, 1.165) is 30.2 Å². The molecule has 2 aromatic rings. The van der Waals surface area contributed by atoms with Gasteiger partial charge in [0.15, 0.2) is 0 Å². The van der Waals surface area contributed by atoms with E-state index in [2.05, 4.69) is 10.3 Å². The summed E-state index contributed by atoms with van der Waals surface area (Å²) in [6.07, 6.45) is -3.21. The number of alkyl halides is 3. The number of ether oxygens (including phenoxy) is 1. The van der Waals surface area contributed by atoms with Gasteiger partial charge in [-0.15, -0.1) is 11.3 Å². The number of carbonyl (C=O) groups is 2. The lowest BCUT2D eigenvalue weighted by atomic mass is 9.87. The highest BCUT2D eigenvalue weighted by molar-refractivity contribution is 7.17. The molecule has 0 spiro atoms. The fourth-order valence-electron chi connectivity index (χ4n) is 3.57. The quantitative estimate of drug-likeness (QED) is 0.705. The minimum atomic E-state index is -4.63. The molecule has 2 fully saturated rings. The molecule has 11 heteroatoms. The van der Waals surface area contributed by atoms with Gasteiger partial charge < -0.3 is 20.1 Å². The van der Waals surface area contributed by atoms with E-state index in [4.69, 9.17) is 4.74 Å². The lowest BCUT2D eigenvalue weighted by molar-refractivity contribution is -0.136. The molecule has 0 bridgehead atoms. The molecule has 0 radical (unpaired) electrons. The van der Waals surface area contributed by atoms with Gasteiger partial charge in [-0.05, 0) is 18.8 Å². The van der Waals surface area contributed by atoms with Gasteiger partial charge in [-0.1, -0.05) is 0 Å². The van der Waals surface area contributed by atoms with Gasteiger partial charge in [0, 0.05) is 43.9 Å². The Labute approximate surface area is 173 Å². The zero-order valence-electron chi connectivity index (χ0n) is 16.0. The molecule has 2 aliphatic rings. The Morgan fingerprint density at radius 1 is 1.37 bits per heavy atom. The van der Waals surface area contributed by atoms with E-state index in [1.54, 1.807) is 0 Å². The predicted octanol–water partition coefficient (Wildman–Crippen LogP) is 3.97. The second kappa shape index (κ2) is 7.60. The second-order valence-corrected chi connectivity index (χ2v) is 8.54. The van der Waals surface area contributed by atoms with E-state index in [9.17, 15) is 27.9 Å². The summed E-state index contributed by atoms with van der Waals surface area (Å²) < 4.78 is 46.2. The van der Waals surface area contributed by atoms with E-state index >= 15 is 0 Å². The van der Waals surface area contributed by atoms with Crippen molar-refractivity contribution >= 4 is 33.6 Å². The van der Waals surface area contributed by atoms with Crippen LogP contribution in [0.15, 0.2) is 11.4 Å². The van der Waals surface area contributed by atoms with Crippen molar-refractivity contribution in [3.63, 3.8) is 0 Å². The Morgan fingerprint density at radius 3 is 2.63 bits per heavy atom. The number of pyridine rings is 1. The van der Waals surface area contributed by atoms with Crippen molar-refractivity contribution in [2.24, 2.45) is 5.92 Å². The molecule has 2 amide bonds. The maximum Gasteiger partial charge on any atom is 0.418 e. The first-order valence-corrected chi connectivity index (χ1v) is 10.4. The van der Waals surface area contributed by atoms with Crippen LogP contribution in [0.1, 0.15) is 41.6 Å². The highest BCUT2D eigenvalue weighted by atomic mass is 32.1. The van der Waals surface area contributed by atoms with Gasteiger partial charge in [0.2, 0.25) is 5.88 Å². The molecular weight excluding hydrogens is 423 g/mol. The number of aromatic nitrogens is 1. The highest BCUT2D eigenvalue weighted by Gasteiger charge is 2.41. The van der Waals surface area contributed by atoms with Gasteiger partial charge in [-0.25, -0.2) is 9.78 Å². The molecule has 162 valence electrons. The molecular formula is C19H20F3N3O4S. The van der Waals surface area contributed by atoms with Gasteiger partial charge in [0.25, 0.3) is 5.91 Å². The maximum absolute atomic E-state index is 13.6. The summed E-state index contributed by atoms with van der Waals surface area (Å²) >= 11 is 0.807. The largest absolute Gasteiger partial charge is 0.474 e. The molecule has 30 heavy (non-hydrogen) atoms. The molecule has 0 atom stereocenters. The standard InChI is InChI=1S/C19H20F3N3O4S/c1-23-17(26)12-8-30-16-13(19(20,21)22)6-14(24-15(12)16)29-11-4-10(5-11)25(18(27)28)7-9-2-3-9/h6,8-11H,2-5,7H2,1H3,(H,23,26)(H,27,28). The zero-order valence-corrected chi connectivity index (χ0v) is 16.8. The Balaban J connectivity index is 1.54. The van der Waals surface area contributed by atoms with Crippen molar-refractivity contribution in [3.8, 4) is 5.88 Å². The molecule has 4 rings (SSSR count). The van der Waals surface area contributed by atoms with Crippen molar-refractivity contribution in [3.05, 3.63) is 22.6 Å². The smallest absolute Gasteiger partial charge is 0.418 e. The molecule has 2 heterocycles. The summed E-state index contributed by atoms with van der Waals surface area (Å²) in [4.78, 5) is 29.0. The van der Waals surface area contributed by atoms with Crippen LogP contribution in [0.5, 0.6) is 5.88 Å². The normalized spacial score (nSPS) is 21.2. The molecule has 0 unspecified atom stereocenters. The maximum atomic E-state index is 13.6. The summed E-state index contributed by atoms with van der Waals surface area (Å²) in [7, 11) is 1.39. The number of nitrogens with zero attached hydrogens (tertiary/aromatic N) is 2. The van der Waals surface area contributed by atoms with Crippen LogP contribution in [0.4, 0.5) is 18.0 Å². The third-order valence-electron chi connectivity index (χ3n) is 5.47. The van der Waals surface area contributed by atoms with Gasteiger partial charge in [-0.2, -0.15) is 13.2 Å². The van der Waals surface area contributed by atoms with Crippen LogP contribution in [-0.4, -0.2) is 52.7 Å². The van der Waals surface area contributed by atoms with Crippen molar-refractivity contribution < 1.29 is 32.6 Å².